The van der Waals surface area contributed by atoms with Crippen LogP contribution < -0.4 is 5.32 Å². The molecule has 0 heterocycles. The smallest absolute Gasteiger partial charge is 0.305 e. The van der Waals surface area contributed by atoms with Crippen LogP contribution in [0.15, 0.2) is 48.6 Å². The molecule has 3 N–H and O–H groups in total. The molecular weight excluding hydrogens is 1020 g/mol. The van der Waals surface area contributed by atoms with Crippen LogP contribution in [0.4, 0.5) is 0 Å². The summed E-state index contributed by atoms with van der Waals surface area (Å²) in [5.41, 5.74) is 0. The molecule has 0 aromatic carbocycles. The number of nitrogens with one attached hydrogen (secondary N) is 1. The first-order chi connectivity index (χ1) is 41.0. The number of carbonyl (C=O) groups excluding carboxylic acids is 2. The third-order valence-corrected chi connectivity index (χ3v) is 17.3. The Morgan fingerprint density at radius 1 is 0.337 bits per heavy atom. The average Bonchev–Trinajstić information content (AvgIpc) is 3.49. The van der Waals surface area contributed by atoms with E-state index >= 15 is 0 Å². The summed E-state index contributed by atoms with van der Waals surface area (Å²) in [4.78, 5) is 24.6. The summed E-state index contributed by atoms with van der Waals surface area (Å²) in [6, 6.07) is -0.626. The summed E-state index contributed by atoms with van der Waals surface area (Å²) in [5.74, 6) is -0.0521. The summed E-state index contributed by atoms with van der Waals surface area (Å²) in [5, 5.41) is 23.2. The van der Waals surface area contributed by atoms with Crippen LogP contribution in [-0.2, 0) is 14.3 Å². The first kappa shape index (κ1) is 80.8. The summed E-state index contributed by atoms with van der Waals surface area (Å²) < 4.78 is 5.50. The van der Waals surface area contributed by atoms with Crippen molar-refractivity contribution in [2.75, 3.05) is 13.2 Å². The van der Waals surface area contributed by atoms with Gasteiger partial charge >= 0.3 is 5.97 Å². The second kappa shape index (κ2) is 72.3. The van der Waals surface area contributed by atoms with Gasteiger partial charge < -0.3 is 20.3 Å². The normalized spacial score (nSPS) is 12.8. The van der Waals surface area contributed by atoms with Crippen LogP contribution in [0, 0.1) is 0 Å². The lowest BCUT2D eigenvalue weighted by atomic mass is 10.0. The second-order valence-corrected chi connectivity index (χ2v) is 25.6. The number of unbranched alkanes of at least 4 members (excludes halogenated alkanes) is 53. The van der Waals surface area contributed by atoms with E-state index in [1.165, 1.54) is 327 Å². The van der Waals surface area contributed by atoms with Crippen molar-refractivity contribution in [2.24, 2.45) is 0 Å². The van der Waals surface area contributed by atoms with E-state index in [9.17, 15) is 19.8 Å². The van der Waals surface area contributed by atoms with E-state index in [0.717, 1.165) is 51.4 Å². The number of amides is 1. The Kier molecular flexibility index (Phi) is 70.4. The van der Waals surface area contributed by atoms with Crippen molar-refractivity contribution in [2.45, 2.75) is 418 Å². The first-order valence-electron chi connectivity index (χ1n) is 37.4. The zero-order valence-corrected chi connectivity index (χ0v) is 55.9. The minimum Gasteiger partial charge on any atom is -0.466 e. The number of esters is 1. The standard InChI is InChI=1S/C77H145NO5/c1-3-5-7-9-11-13-15-17-19-21-39-43-47-51-55-59-63-67-71-77(82)83-72-68-64-60-56-52-48-44-40-37-35-33-31-29-27-25-23-22-24-26-28-30-32-34-36-38-42-46-50-54-58-62-66-70-76(81)78-74(73-79)75(80)69-65-61-57-53-49-45-41-20-18-16-14-12-10-8-6-4-2/h13,15,19,21,25,27,65,69,74-75,79-80H,3-12,14,16-18,20,22-24,26,28-64,66-68,70-73H2,1-2H3,(H,78,81)/b15-13-,21-19-,27-25-,69-65+. The van der Waals surface area contributed by atoms with Gasteiger partial charge in [0.2, 0.25) is 5.91 Å². The molecule has 488 valence electrons. The van der Waals surface area contributed by atoms with Crippen molar-refractivity contribution >= 4 is 11.9 Å². The molecule has 0 fully saturated rings. The molecule has 0 aliphatic heterocycles. The van der Waals surface area contributed by atoms with Gasteiger partial charge in [0, 0.05) is 12.8 Å². The Labute approximate surface area is 518 Å². The predicted molar refractivity (Wildman–Crippen MR) is 366 cm³/mol. The minimum absolute atomic E-state index is 0.0109. The number of hydrogen-bond acceptors (Lipinski definition) is 5. The van der Waals surface area contributed by atoms with E-state index in [1.54, 1.807) is 6.08 Å². The molecular formula is C77H145NO5. The Hall–Kier alpha value is -2.18. The highest BCUT2D eigenvalue weighted by Gasteiger charge is 2.18. The van der Waals surface area contributed by atoms with Crippen LogP contribution in [0.2, 0.25) is 0 Å². The molecule has 0 spiro atoms. The molecule has 6 heteroatoms. The van der Waals surface area contributed by atoms with E-state index in [-0.39, 0.29) is 18.5 Å². The number of ether oxygens (including phenoxy) is 1. The maximum absolute atomic E-state index is 12.5. The van der Waals surface area contributed by atoms with Gasteiger partial charge in [-0.15, -0.1) is 0 Å². The van der Waals surface area contributed by atoms with Crippen LogP contribution in [-0.4, -0.2) is 47.4 Å². The van der Waals surface area contributed by atoms with Crippen LogP contribution in [0.5, 0.6) is 0 Å². The summed E-state index contributed by atoms with van der Waals surface area (Å²) in [7, 11) is 0. The first-order valence-corrected chi connectivity index (χ1v) is 37.4. The highest BCUT2D eigenvalue weighted by atomic mass is 16.5. The minimum atomic E-state index is -0.843. The molecule has 0 aliphatic rings. The van der Waals surface area contributed by atoms with Gasteiger partial charge in [-0.2, -0.15) is 0 Å². The van der Waals surface area contributed by atoms with Crippen LogP contribution in [0.25, 0.3) is 0 Å². The van der Waals surface area contributed by atoms with Crippen molar-refractivity contribution in [1.29, 1.82) is 0 Å². The summed E-state index contributed by atoms with van der Waals surface area (Å²) >= 11 is 0. The van der Waals surface area contributed by atoms with E-state index in [1.807, 2.05) is 6.08 Å². The Balaban J connectivity index is 3.37. The van der Waals surface area contributed by atoms with Gasteiger partial charge in [0.25, 0.3) is 0 Å². The van der Waals surface area contributed by atoms with Gasteiger partial charge in [0.15, 0.2) is 0 Å². The summed E-state index contributed by atoms with van der Waals surface area (Å²) in [6.07, 6.45) is 95.0. The highest BCUT2D eigenvalue weighted by molar-refractivity contribution is 5.76. The maximum atomic E-state index is 12.5. The fourth-order valence-electron chi connectivity index (χ4n) is 11.6. The van der Waals surface area contributed by atoms with E-state index in [0.29, 0.717) is 19.4 Å². The van der Waals surface area contributed by atoms with Gasteiger partial charge in [0.05, 0.1) is 25.4 Å². The summed E-state index contributed by atoms with van der Waals surface area (Å²) in [6.45, 7) is 4.92. The number of hydrogen-bond donors (Lipinski definition) is 3. The van der Waals surface area contributed by atoms with Gasteiger partial charge in [-0.1, -0.05) is 351 Å². The SMILES string of the molecule is CCCCCC/C=C\C/C=C\CCCCCCCCCC(=O)OCCCCCCCCCCCCCC/C=C\CCCCCCCCCCCCCCCCCCC(=O)NC(CO)C(O)/C=C/CCCCCCCCCCCCCCCC. The fourth-order valence-corrected chi connectivity index (χ4v) is 11.6. The van der Waals surface area contributed by atoms with Crippen molar-refractivity contribution in [3.8, 4) is 0 Å². The number of aliphatic hydroxyl groups is 2. The Morgan fingerprint density at radius 2 is 0.602 bits per heavy atom. The number of rotatable bonds is 70. The molecule has 0 bridgehead atoms. The Morgan fingerprint density at radius 3 is 0.940 bits per heavy atom. The Bertz CT molecular complexity index is 1390. The molecule has 0 saturated heterocycles. The van der Waals surface area contributed by atoms with E-state index in [4.69, 9.17) is 4.74 Å². The van der Waals surface area contributed by atoms with Crippen molar-refractivity contribution in [3.63, 3.8) is 0 Å². The monoisotopic (exact) mass is 1160 g/mol. The number of carbonyl (C=O) groups is 2. The molecule has 0 aromatic rings. The van der Waals surface area contributed by atoms with Gasteiger partial charge in [-0.3, -0.25) is 9.59 Å². The average molecular weight is 1170 g/mol. The molecule has 2 atom stereocenters. The predicted octanol–water partition coefficient (Wildman–Crippen LogP) is 24.4. The lowest BCUT2D eigenvalue weighted by Crippen LogP contribution is -2.45. The third-order valence-electron chi connectivity index (χ3n) is 17.3. The molecule has 0 saturated carbocycles. The van der Waals surface area contributed by atoms with Crippen molar-refractivity contribution in [1.82, 2.24) is 5.32 Å². The molecule has 0 aromatic heterocycles. The van der Waals surface area contributed by atoms with Gasteiger partial charge in [0.1, 0.15) is 0 Å². The van der Waals surface area contributed by atoms with Crippen molar-refractivity contribution in [3.05, 3.63) is 48.6 Å². The molecule has 0 rings (SSSR count). The second-order valence-electron chi connectivity index (χ2n) is 25.6. The lowest BCUT2D eigenvalue weighted by Gasteiger charge is -2.20. The van der Waals surface area contributed by atoms with Gasteiger partial charge in [-0.25, -0.2) is 0 Å². The molecule has 1 amide bonds. The maximum Gasteiger partial charge on any atom is 0.305 e. The number of allylic oxidation sites excluding steroid dienone is 7. The fraction of sp³-hybridized carbons (Fsp3) is 0.870. The zero-order chi connectivity index (χ0) is 59.9. The van der Waals surface area contributed by atoms with E-state index in [2.05, 4.69) is 55.6 Å². The lowest BCUT2D eigenvalue weighted by molar-refractivity contribution is -0.143. The molecule has 83 heavy (non-hydrogen) atoms. The molecule has 0 radical (unpaired) electrons. The zero-order valence-electron chi connectivity index (χ0n) is 55.9. The third kappa shape index (κ3) is 68.8. The molecule has 0 aliphatic carbocycles. The van der Waals surface area contributed by atoms with Crippen LogP contribution >= 0.6 is 0 Å². The van der Waals surface area contributed by atoms with Gasteiger partial charge in [-0.05, 0) is 89.9 Å². The van der Waals surface area contributed by atoms with Crippen molar-refractivity contribution < 1.29 is 24.5 Å². The largest absolute Gasteiger partial charge is 0.466 e. The highest BCUT2D eigenvalue weighted by Crippen LogP contribution is 2.19. The number of aliphatic hydroxyl groups excluding tert-OH is 2. The topological polar surface area (TPSA) is 95.9 Å². The molecule has 6 nitrogen and oxygen atoms in total. The van der Waals surface area contributed by atoms with E-state index < -0.39 is 12.1 Å². The quantitative estimate of drug-likeness (QED) is 0.0320. The van der Waals surface area contributed by atoms with Crippen LogP contribution in [0.3, 0.4) is 0 Å². The molecule has 2 unspecified atom stereocenters. The van der Waals surface area contributed by atoms with Crippen LogP contribution in [0.1, 0.15) is 406 Å².